The average molecular weight is 322 g/mol. The molecule has 0 bridgehead atoms. The molecule has 2 atom stereocenters. The molecule has 4 nitrogen and oxygen atoms in total. The van der Waals surface area contributed by atoms with Crippen molar-refractivity contribution in [2.24, 2.45) is 11.7 Å². The fraction of sp³-hybridized carbons (Fsp3) is 0.538. The molecule has 21 heavy (non-hydrogen) atoms. The van der Waals surface area contributed by atoms with Crippen LogP contribution in [0.2, 0.25) is 0 Å². The molecule has 1 aliphatic heterocycles. The Kier molecular flexibility index (Phi) is 4.60. The number of benzene rings is 1. The third-order valence-corrected chi connectivity index (χ3v) is 5.81. The van der Waals surface area contributed by atoms with Crippen LogP contribution in [0.5, 0.6) is 0 Å². The Labute approximate surface area is 121 Å². The summed E-state index contributed by atoms with van der Waals surface area (Å²) in [6.07, 6.45) is 1.38. The van der Waals surface area contributed by atoms with Crippen LogP contribution in [0.1, 0.15) is 19.8 Å². The first kappa shape index (κ1) is 16.3. The first-order valence-corrected chi connectivity index (χ1v) is 8.09. The first-order chi connectivity index (χ1) is 9.78. The number of nitrogens with zero attached hydrogens (tertiary/aromatic N) is 1. The van der Waals surface area contributed by atoms with Crippen LogP contribution in [0, 0.1) is 23.4 Å². The summed E-state index contributed by atoms with van der Waals surface area (Å²) in [5.74, 6) is -4.03. The second kappa shape index (κ2) is 5.94. The Balaban J connectivity index is 2.51. The minimum absolute atomic E-state index is 0.00917. The van der Waals surface area contributed by atoms with Crippen molar-refractivity contribution in [3.05, 3.63) is 29.6 Å². The maximum atomic E-state index is 13.8. The largest absolute Gasteiger partial charge is 0.329 e. The quantitative estimate of drug-likeness (QED) is 0.924. The number of sulfonamides is 1. The van der Waals surface area contributed by atoms with Crippen LogP contribution in [-0.2, 0) is 10.0 Å². The maximum absolute atomic E-state index is 13.8. The van der Waals surface area contributed by atoms with Gasteiger partial charge in [-0.15, -0.1) is 0 Å². The molecule has 1 aliphatic rings. The molecule has 2 N–H and O–H groups in total. The third kappa shape index (κ3) is 2.93. The van der Waals surface area contributed by atoms with Gasteiger partial charge >= 0.3 is 0 Å². The molecule has 0 aliphatic carbocycles. The van der Waals surface area contributed by atoms with Crippen molar-refractivity contribution >= 4 is 10.0 Å². The van der Waals surface area contributed by atoms with Crippen molar-refractivity contribution in [3.63, 3.8) is 0 Å². The molecule has 0 spiro atoms. The summed E-state index contributed by atoms with van der Waals surface area (Å²) in [7, 11) is -4.40. The Morgan fingerprint density at radius 1 is 1.29 bits per heavy atom. The molecule has 0 radical (unpaired) electrons. The van der Waals surface area contributed by atoms with Crippen LogP contribution in [0.4, 0.5) is 13.2 Å². The molecule has 0 saturated carbocycles. The third-order valence-electron chi connectivity index (χ3n) is 3.84. The summed E-state index contributed by atoms with van der Waals surface area (Å²) >= 11 is 0. The number of hydrogen-bond donors (Lipinski definition) is 1. The summed E-state index contributed by atoms with van der Waals surface area (Å²) in [5, 5.41) is 0. The summed E-state index contributed by atoms with van der Waals surface area (Å²) < 4.78 is 66.6. The van der Waals surface area contributed by atoms with Crippen LogP contribution >= 0.6 is 0 Å². The second-order valence-corrected chi connectivity index (χ2v) is 7.06. The number of nitrogens with two attached hydrogens (primary N) is 1. The van der Waals surface area contributed by atoms with Gasteiger partial charge in [0.05, 0.1) is 0 Å². The number of piperidine rings is 1. The lowest BCUT2D eigenvalue weighted by Gasteiger charge is -2.38. The van der Waals surface area contributed by atoms with Crippen LogP contribution in [0.3, 0.4) is 0 Å². The van der Waals surface area contributed by atoms with E-state index < -0.39 is 38.4 Å². The van der Waals surface area contributed by atoms with E-state index in [1.165, 1.54) is 0 Å². The lowest BCUT2D eigenvalue weighted by atomic mass is 9.93. The van der Waals surface area contributed by atoms with E-state index in [0.717, 1.165) is 10.7 Å². The minimum Gasteiger partial charge on any atom is -0.329 e. The van der Waals surface area contributed by atoms with Crippen molar-refractivity contribution in [3.8, 4) is 0 Å². The maximum Gasteiger partial charge on any atom is 0.249 e. The second-order valence-electron chi connectivity index (χ2n) is 5.24. The fourth-order valence-electron chi connectivity index (χ4n) is 2.75. The van der Waals surface area contributed by atoms with Gasteiger partial charge in [-0.05, 0) is 18.8 Å². The normalized spacial score (nSPS) is 24.2. The van der Waals surface area contributed by atoms with Gasteiger partial charge < -0.3 is 5.73 Å². The Morgan fingerprint density at radius 3 is 2.38 bits per heavy atom. The summed E-state index contributed by atoms with van der Waals surface area (Å²) in [6, 6.07) is 0.203. The highest BCUT2D eigenvalue weighted by Gasteiger charge is 2.39. The molecule has 0 amide bonds. The van der Waals surface area contributed by atoms with Crippen molar-refractivity contribution in [2.75, 3.05) is 13.1 Å². The topological polar surface area (TPSA) is 63.4 Å². The monoisotopic (exact) mass is 322 g/mol. The molecule has 1 saturated heterocycles. The van der Waals surface area contributed by atoms with Gasteiger partial charge in [0.2, 0.25) is 10.0 Å². The van der Waals surface area contributed by atoms with Gasteiger partial charge in [-0.3, -0.25) is 0 Å². The van der Waals surface area contributed by atoms with Crippen LogP contribution < -0.4 is 5.73 Å². The summed E-state index contributed by atoms with van der Waals surface area (Å²) in [4.78, 5) is -1.11. The molecule has 1 aromatic carbocycles. The van der Waals surface area contributed by atoms with Gasteiger partial charge in [-0.1, -0.05) is 6.92 Å². The summed E-state index contributed by atoms with van der Waals surface area (Å²) in [6.45, 7) is 2.05. The summed E-state index contributed by atoms with van der Waals surface area (Å²) in [5.41, 5.74) is 5.61. The Bertz CT molecular complexity index is 613. The van der Waals surface area contributed by atoms with Crippen LogP contribution in [-0.4, -0.2) is 31.9 Å². The molecule has 1 fully saturated rings. The standard InChI is InChI=1S/C13H17F3N2O2S/c1-8-3-2-4-18(12(8)7-17)21(19,20)13-10(15)5-9(14)6-11(13)16/h5-6,8,12H,2-4,7,17H2,1H3. The molecule has 0 aromatic heterocycles. The van der Waals surface area contributed by atoms with E-state index >= 15 is 0 Å². The van der Waals surface area contributed by atoms with Crippen LogP contribution in [0.15, 0.2) is 17.0 Å². The van der Waals surface area contributed by atoms with E-state index in [4.69, 9.17) is 5.73 Å². The zero-order chi connectivity index (χ0) is 15.8. The molecule has 8 heteroatoms. The predicted molar refractivity (Wildman–Crippen MR) is 71.4 cm³/mol. The van der Waals surface area contributed by atoms with E-state index in [2.05, 4.69) is 0 Å². The molecular weight excluding hydrogens is 305 g/mol. The van der Waals surface area contributed by atoms with Crippen molar-refractivity contribution in [1.29, 1.82) is 0 Å². The highest BCUT2D eigenvalue weighted by Crippen LogP contribution is 2.31. The van der Waals surface area contributed by atoms with Crippen molar-refractivity contribution in [2.45, 2.75) is 30.7 Å². The Morgan fingerprint density at radius 2 is 1.86 bits per heavy atom. The SMILES string of the molecule is CC1CCCN(S(=O)(=O)c2c(F)cc(F)cc2F)C1CN. The highest BCUT2D eigenvalue weighted by molar-refractivity contribution is 7.89. The highest BCUT2D eigenvalue weighted by atomic mass is 32.2. The molecule has 1 heterocycles. The number of halogens is 3. The first-order valence-electron chi connectivity index (χ1n) is 6.65. The van der Waals surface area contributed by atoms with Gasteiger partial charge in [0.25, 0.3) is 0 Å². The Hall–Kier alpha value is -1.12. The van der Waals surface area contributed by atoms with E-state index in [9.17, 15) is 21.6 Å². The van der Waals surface area contributed by atoms with Crippen LogP contribution in [0.25, 0.3) is 0 Å². The van der Waals surface area contributed by atoms with Gasteiger partial charge in [-0.2, -0.15) is 4.31 Å². The minimum atomic E-state index is -4.40. The molecule has 2 rings (SSSR count). The van der Waals surface area contributed by atoms with Crippen molar-refractivity contribution < 1.29 is 21.6 Å². The molecular formula is C13H17F3N2O2S. The number of hydrogen-bond acceptors (Lipinski definition) is 3. The van der Waals surface area contributed by atoms with E-state index in [1.54, 1.807) is 0 Å². The predicted octanol–water partition coefficient (Wildman–Crippen LogP) is 1.85. The fourth-order valence-corrected chi connectivity index (χ4v) is 4.62. The molecule has 2 unspecified atom stereocenters. The van der Waals surface area contributed by atoms with E-state index in [1.807, 2.05) is 6.92 Å². The van der Waals surface area contributed by atoms with Crippen molar-refractivity contribution in [1.82, 2.24) is 4.31 Å². The van der Waals surface area contributed by atoms with Gasteiger partial charge in [-0.25, -0.2) is 21.6 Å². The smallest absolute Gasteiger partial charge is 0.249 e. The molecule has 118 valence electrons. The average Bonchev–Trinajstić information content (AvgIpc) is 2.36. The van der Waals surface area contributed by atoms with E-state index in [-0.39, 0.29) is 19.0 Å². The zero-order valence-corrected chi connectivity index (χ0v) is 12.3. The lowest BCUT2D eigenvalue weighted by molar-refractivity contribution is 0.191. The zero-order valence-electron chi connectivity index (χ0n) is 11.5. The number of rotatable bonds is 3. The lowest BCUT2D eigenvalue weighted by Crippen LogP contribution is -2.51. The van der Waals surface area contributed by atoms with Gasteiger partial charge in [0.1, 0.15) is 17.5 Å². The molecule has 1 aromatic rings. The van der Waals surface area contributed by atoms with Gasteiger partial charge in [0.15, 0.2) is 4.90 Å². The van der Waals surface area contributed by atoms with Gasteiger partial charge in [0, 0.05) is 31.3 Å². The van der Waals surface area contributed by atoms with E-state index in [0.29, 0.717) is 18.6 Å².